The van der Waals surface area contributed by atoms with E-state index < -0.39 is 10.8 Å². The van der Waals surface area contributed by atoms with Gasteiger partial charge in [-0.1, -0.05) is 25.1 Å². The predicted octanol–water partition coefficient (Wildman–Crippen LogP) is 2.55. The molecule has 0 saturated heterocycles. The summed E-state index contributed by atoms with van der Waals surface area (Å²) in [4.78, 5) is 12.6. The zero-order valence-electron chi connectivity index (χ0n) is 9.39. The van der Waals surface area contributed by atoms with Gasteiger partial charge in [0.15, 0.2) is 0 Å². The van der Waals surface area contributed by atoms with Gasteiger partial charge in [-0.15, -0.1) is 0 Å². The molecule has 0 radical (unpaired) electrons. The van der Waals surface area contributed by atoms with Crippen LogP contribution in [-0.2, 0) is 15.6 Å². The van der Waals surface area contributed by atoms with Gasteiger partial charge in [-0.3, -0.25) is 9.00 Å². The molecule has 2 nitrogen and oxygen atoms in total. The van der Waals surface area contributed by atoms with Gasteiger partial charge in [0.1, 0.15) is 5.78 Å². The molecule has 16 heavy (non-hydrogen) atoms. The maximum Gasteiger partial charge on any atom is 0.149 e. The molecule has 1 aromatic rings. The van der Waals surface area contributed by atoms with E-state index in [0.29, 0.717) is 12.3 Å². The fourth-order valence-electron chi connectivity index (χ4n) is 2.12. The quantitative estimate of drug-likeness (QED) is 0.791. The Morgan fingerprint density at radius 2 is 1.88 bits per heavy atom. The third-order valence-electron chi connectivity index (χ3n) is 3.06. The van der Waals surface area contributed by atoms with Gasteiger partial charge >= 0.3 is 0 Å². The molecule has 3 atom stereocenters. The van der Waals surface area contributed by atoms with Crippen molar-refractivity contribution in [2.75, 3.05) is 0 Å². The summed E-state index contributed by atoms with van der Waals surface area (Å²) in [6, 6.07) is 9.29. The van der Waals surface area contributed by atoms with Crippen molar-refractivity contribution in [3.63, 3.8) is 0 Å². The van der Waals surface area contributed by atoms with Crippen molar-refractivity contribution in [2.24, 2.45) is 5.92 Å². The van der Waals surface area contributed by atoms with Crippen molar-refractivity contribution in [3.05, 3.63) is 30.3 Å². The van der Waals surface area contributed by atoms with E-state index >= 15 is 0 Å². The monoisotopic (exact) mass is 236 g/mol. The van der Waals surface area contributed by atoms with Gasteiger partial charge in [-0.2, -0.15) is 0 Å². The van der Waals surface area contributed by atoms with Crippen molar-refractivity contribution in [1.29, 1.82) is 0 Å². The Morgan fingerprint density at radius 1 is 1.19 bits per heavy atom. The van der Waals surface area contributed by atoms with Gasteiger partial charge in [0.05, 0.1) is 16.0 Å². The highest BCUT2D eigenvalue weighted by Crippen LogP contribution is 2.26. The second kappa shape index (κ2) is 4.91. The van der Waals surface area contributed by atoms with Crippen LogP contribution in [0, 0.1) is 5.92 Å². The predicted molar refractivity (Wildman–Crippen MR) is 64.7 cm³/mol. The Labute approximate surface area is 98.5 Å². The Hall–Kier alpha value is -0.960. The van der Waals surface area contributed by atoms with Crippen LogP contribution in [-0.4, -0.2) is 15.2 Å². The van der Waals surface area contributed by atoms with Gasteiger partial charge in [-0.05, 0) is 30.9 Å². The molecule has 0 heterocycles. The number of carbonyl (C=O) groups is 1. The Bertz CT molecular complexity index is 400. The third kappa shape index (κ3) is 2.40. The highest BCUT2D eigenvalue weighted by Gasteiger charge is 2.31. The van der Waals surface area contributed by atoms with Crippen LogP contribution in [0.15, 0.2) is 35.2 Å². The van der Waals surface area contributed by atoms with Crippen LogP contribution in [0.5, 0.6) is 0 Å². The molecule has 0 spiro atoms. The van der Waals surface area contributed by atoms with Gasteiger partial charge in [-0.25, -0.2) is 0 Å². The van der Waals surface area contributed by atoms with E-state index in [1.165, 1.54) is 0 Å². The second-order valence-electron chi connectivity index (χ2n) is 4.45. The summed E-state index contributed by atoms with van der Waals surface area (Å²) < 4.78 is 12.2. The van der Waals surface area contributed by atoms with Crippen LogP contribution in [0.2, 0.25) is 0 Å². The van der Waals surface area contributed by atoms with Crippen molar-refractivity contribution in [2.45, 2.75) is 36.3 Å². The molecule has 3 heteroatoms. The number of hydrogen-bond donors (Lipinski definition) is 0. The van der Waals surface area contributed by atoms with Gasteiger partial charge in [0.2, 0.25) is 0 Å². The summed E-state index contributed by atoms with van der Waals surface area (Å²) in [5, 5.41) is -0.279. The van der Waals surface area contributed by atoms with E-state index in [2.05, 4.69) is 6.92 Å². The first-order valence-electron chi connectivity index (χ1n) is 5.67. The zero-order chi connectivity index (χ0) is 11.5. The first-order chi connectivity index (χ1) is 7.68. The average Bonchev–Trinajstić information content (AvgIpc) is 2.29. The lowest BCUT2D eigenvalue weighted by atomic mass is 9.89. The zero-order valence-corrected chi connectivity index (χ0v) is 10.2. The van der Waals surface area contributed by atoms with Crippen LogP contribution in [0.4, 0.5) is 0 Å². The van der Waals surface area contributed by atoms with Crippen LogP contribution >= 0.6 is 0 Å². The Kier molecular flexibility index (Phi) is 3.54. The van der Waals surface area contributed by atoms with E-state index in [0.717, 1.165) is 17.7 Å². The summed E-state index contributed by atoms with van der Waals surface area (Å²) in [6.07, 6.45) is 2.36. The van der Waals surface area contributed by atoms with E-state index in [1.807, 2.05) is 30.3 Å². The lowest BCUT2D eigenvalue weighted by molar-refractivity contribution is -0.120. The number of hydrogen-bond acceptors (Lipinski definition) is 2. The topological polar surface area (TPSA) is 34.1 Å². The molecule has 1 aliphatic rings. The lowest BCUT2D eigenvalue weighted by Crippen LogP contribution is -2.32. The second-order valence-corrected chi connectivity index (χ2v) is 6.09. The Morgan fingerprint density at radius 3 is 2.50 bits per heavy atom. The van der Waals surface area contributed by atoms with E-state index in [9.17, 15) is 9.00 Å². The van der Waals surface area contributed by atoms with Crippen molar-refractivity contribution >= 4 is 16.6 Å². The van der Waals surface area contributed by atoms with Crippen molar-refractivity contribution in [1.82, 2.24) is 0 Å². The fourth-order valence-corrected chi connectivity index (χ4v) is 3.56. The summed E-state index contributed by atoms with van der Waals surface area (Å²) >= 11 is 0. The number of carbonyl (C=O) groups excluding carboxylic acids is 1. The number of rotatable bonds is 2. The molecule has 1 saturated carbocycles. The van der Waals surface area contributed by atoms with E-state index in [1.54, 1.807) is 0 Å². The minimum atomic E-state index is -1.16. The molecule has 0 aromatic heterocycles. The lowest BCUT2D eigenvalue weighted by Gasteiger charge is -2.24. The average molecular weight is 236 g/mol. The smallest absolute Gasteiger partial charge is 0.149 e. The SMILES string of the molecule is C[C@@H]1CC[C@H]([S@@](=O)c2ccccc2)C(=O)C1. The van der Waals surface area contributed by atoms with E-state index in [4.69, 9.17) is 0 Å². The van der Waals surface area contributed by atoms with E-state index in [-0.39, 0.29) is 11.0 Å². The maximum atomic E-state index is 12.2. The van der Waals surface area contributed by atoms with Crippen LogP contribution < -0.4 is 0 Å². The van der Waals surface area contributed by atoms with Crippen LogP contribution in [0.3, 0.4) is 0 Å². The summed E-state index contributed by atoms with van der Waals surface area (Å²) in [7, 11) is -1.16. The summed E-state index contributed by atoms with van der Waals surface area (Å²) in [5.74, 6) is 0.623. The number of Topliss-reactive ketones (excluding diaryl/α,β-unsaturated/α-hetero) is 1. The molecule has 1 aromatic carbocycles. The molecule has 86 valence electrons. The third-order valence-corrected chi connectivity index (χ3v) is 4.82. The highest BCUT2D eigenvalue weighted by molar-refractivity contribution is 7.86. The maximum absolute atomic E-state index is 12.2. The standard InChI is InChI=1S/C13H16O2S/c1-10-7-8-13(12(14)9-10)16(15)11-5-3-2-4-6-11/h2-6,10,13H,7-9H2,1H3/t10-,13+,16+/m1/s1. The molecule has 0 N–H and O–H groups in total. The first kappa shape index (κ1) is 11.5. The van der Waals surface area contributed by atoms with Crippen LogP contribution in [0.1, 0.15) is 26.2 Å². The molecule has 0 bridgehead atoms. The molecule has 0 amide bonds. The van der Waals surface area contributed by atoms with Gasteiger partial charge in [0, 0.05) is 11.3 Å². The molecular formula is C13H16O2S. The fraction of sp³-hybridized carbons (Fsp3) is 0.462. The summed E-state index contributed by atoms with van der Waals surface area (Å²) in [6.45, 7) is 2.08. The Balaban J connectivity index is 2.14. The highest BCUT2D eigenvalue weighted by atomic mass is 32.2. The van der Waals surface area contributed by atoms with Crippen molar-refractivity contribution < 1.29 is 9.00 Å². The summed E-state index contributed by atoms with van der Waals surface area (Å²) in [5.41, 5.74) is 0. The molecular weight excluding hydrogens is 220 g/mol. The number of benzene rings is 1. The van der Waals surface area contributed by atoms with Gasteiger partial charge in [0.25, 0.3) is 0 Å². The minimum absolute atomic E-state index is 0.168. The number of ketones is 1. The molecule has 0 unspecified atom stereocenters. The minimum Gasteiger partial charge on any atom is -0.298 e. The molecule has 0 aliphatic heterocycles. The van der Waals surface area contributed by atoms with Crippen molar-refractivity contribution in [3.8, 4) is 0 Å². The first-order valence-corrected chi connectivity index (χ1v) is 6.88. The van der Waals surface area contributed by atoms with Gasteiger partial charge < -0.3 is 0 Å². The largest absolute Gasteiger partial charge is 0.298 e. The molecule has 1 aliphatic carbocycles. The normalized spacial score (nSPS) is 27.7. The molecule has 2 rings (SSSR count). The molecule has 1 fully saturated rings. The van der Waals surface area contributed by atoms with Crippen LogP contribution in [0.25, 0.3) is 0 Å².